The second-order valence-electron chi connectivity index (χ2n) is 8.88. The highest BCUT2D eigenvalue weighted by atomic mass is 16.5. The summed E-state index contributed by atoms with van der Waals surface area (Å²) in [6, 6.07) is 15.8. The molecule has 1 aliphatic carbocycles. The molecular formula is C27H34N2O5. The van der Waals surface area contributed by atoms with Crippen molar-refractivity contribution < 1.29 is 24.2 Å². The highest BCUT2D eigenvalue weighted by Gasteiger charge is 2.30. The van der Waals surface area contributed by atoms with E-state index in [4.69, 9.17) is 9.47 Å². The van der Waals surface area contributed by atoms with Crippen molar-refractivity contribution in [2.45, 2.75) is 38.3 Å². The van der Waals surface area contributed by atoms with Crippen LogP contribution in [0.4, 0.5) is 4.79 Å². The fraction of sp³-hybridized carbons (Fsp3) is 0.407. The van der Waals surface area contributed by atoms with Gasteiger partial charge in [-0.3, -0.25) is 4.79 Å². The molecule has 7 heteroatoms. The van der Waals surface area contributed by atoms with Gasteiger partial charge in [0, 0.05) is 12.5 Å². The van der Waals surface area contributed by atoms with Crippen LogP contribution in [-0.2, 0) is 14.3 Å². The van der Waals surface area contributed by atoms with Crippen molar-refractivity contribution in [1.29, 1.82) is 0 Å². The number of nitrogens with one attached hydrogen (secondary N) is 2. The standard InChI is InChI=1S/C27H34N2O5/c1-4-13-33-26(31)16-28-15-25(30)24(14-18(2)3)29-27(32)34-17-23-21-11-7-5-9-19(21)20-10-6-8-12-22(20)23/h4-12,18,23-25,28,30H,1,13-17H2,2-3H3,(H,29,32)/t24-,25?/m0/s1. The van der Waals surface area contributed by atoms with Gasteiger partial charge < -0.3 is 25.2 Å². The second-order valence-corrected chi connectivity index (χ2v) is 8.88. The number of aliphatic hydroxyl groups is 1. The minimum atomic E-state index is -0.893. The van der Waals surface area contributed by atoms with E-state index in [1.165, 1.54) is 6.08 Å². The van der Waals surface area contributed by atoms with E-state index in [2.05, 4.69) is 41.5 Å². The molecule has 182 valence electrons. The van der Waals surface area contributed by atoms with Gasteiger partial charge in [0.05, 0.1) is 18.7 Å². The monoisotopic (exact) mass is 466 g/mol. The van der Waals surface area contributed by atoms with Gasteiger partial charge in [-0.05, 0) is 34.6 Å². The van der Waals surface area contributed by atoms with Crippen LogP contribution in [0.1, 0.15) is 37.3 Å². The lowest BCUT2D eigenvalue weighted by Crippen LogP contribution is -2.49. The minimum Gasteiger partial charge on any atom is -0.461 e. The molecule has 0 radical (unpaired) electrons. The molecule has 3 rings (SSSR count). The van der Waals surface area contributed by atoms with Gasteiger partial charge in [0.25, 0.3) is 0 Å². The van der Waals surface area contributed by atoms with Gasteiger partial charge in [0.2, 0.25) is 0 Å². The van der Waals surface area contributed by atoms with Crippen molar-refractivity contribution in [3.63, 3.8) is 0 Å². The Morgan fingerprint density at radius 2 is 1.68 bits per heavy atom. The highest BCUT2D eigenvalue weighted by Crippen LogP contribution is 2.44. The van der Waals surface area contributed by atoms with Crippen molar-refractivity contribution in [3.8, 4) is 11.1 Å². The predicted octanol–water partition coefficient (Wildman–Crippen LogP) is 3.62. The number of hydrogen-bond acceptors (Lipinski definition) is 6. The average molecular weight is 467 g/mol. The lowest BCUT2D eigenvalue weighted by atomic mass is 9.98. The van der Waals surface area contributed by atoms with E-state index in [0.717, 1.165) is 22.3 Å². The van der Waals surface area contributed by atoms with E-state index in [9.17, 15) is 14.7 Å². The number of amides is 1. The zero-order chi connectivity index (χ0) is 24.5. The number of benzene rings is 2. The van der Waals surface area contributed by atoms with Crippen LogP contribution in [0.15, 0.2) is 61.2 Å². The molecular weight excluding hydrogens is 432 g/mol. The summed E-state index contributed by atoms with van der Waals surface area (Å²) in [6.45, 7) is 7.96. The van der Waals surface area contributed by atoms with Gasteiger partial charge in [0.1, 0.15) is 13.2 Å². The van der Waals surface area contributed by atoms with Gasteiger partial charge in [0.15, 0.2) is 0 Å². The summed E-state index contributed by atoms with van der Waals surface area (Å²) in [4.78, 5) is 24.3. The van der Waals surface area contributed by atoms with Gasteiger partial charge in [-0.1, -0.05) is 75.0 Å². The maximum absolute atomic E-state index is 12.7. The first-order chi connectivity index (χ1) is 16.4. The normalized spacial score (nSPS) is 14.1. The predicted molar refractivity (Wildman–Crippen MR) is 131 cm³/mol. The Labute approximate surface area is 201 Å². The number of fused-ring (bicyclic) bond motifs is 3. The molecule has 0 heterocycles. The Hall–Kier alpha value is -3.16. The Kier molecular flexibility index (Phi) is 9.24. The van der Waals surface area contributed by atoms with Crippen LogP contribution < -0.4 is 10.6 Å². The number of esters is 1. The Morgan fingerprint density at radius 3 is 2.26 bits per heavy atom. The first-order valence-corrected chi connectivity index (χ1v) is 11.7. The first-order valence-electron chi connectivity index (χ1n) is 11.7. The molecule has 7 nitrogen and oxygen atoms in total. The largest absolute Gasteiger partial charge is 0.461 e. The van der Waals surface area contributed by atoms with E-state index < -0.39 is 24.2 Å². The molecule has 1 aliphatic rings. The van der Waals surface area contributed by atoms with E-state index in [1.807, 2.05) is 38.1 Å². The van der Waals surface area contributed by atoms with E-state index in [1.54, 1.807) is 0 Å². The second kappa shape index (κ2) is 12.3. The molecule has 1 amide bonds. The topological polar surface area (TPSA) is 96.9 Å². The molecule has 0 saturated carbocycles. The molecule has 0 aliphatic heterocycles. The average Bonchev–Trinajstić information content (AvgIpc) is 3.14. The summed E-state index contributed by atoms with van der Waals surface area (Å²) in [5.74, 6) is -0.224. The molecule has 0 aromatic heterocycles. The molecule has 0 fully saturated rings. The highest BCUT2D eigenvalue weighted by molar-refractivity contribution is 5.79. The Balaban J connectivity index is 1.56. The summed E-state index contributed by atoms with van der Waals surface area (Å²) in [6.07, 6.45) is 0.588. The lowest BCUT2D eigenvalue weighted by Gasteiger charge is -2.26. The number of carbonyl (C=O) groups excluding carboxylic acids is 2. The van der Waals surface area contributed by atoms with Crippen LogP contribution >= 0.6 is 0 Å². The van der Waals surface area contributed by atoms with Crippen LogP contribution in [0.25, 0.3) is 11.1 Å². The van der Waals surface area contributed by atoms with Crippen LogP contribution in [0.3, 0.4) is 0 Å². The van der Waals surface area contributed by atoms with E-state index in [-0.39, 0.29) is 38.1 Å². The number of ether oxygens (including phenoxy) is 2. The molecule has 2 aromatic rings. The van der Waals surface area contributed by atoms with Crippen LogP contribution in [-0.4, -0.2) is 55.6 Å². The van der Waals surface area contributed by atoms with Crippen molar-refractivity contribution in [2.75, 3.05) is 26.3 Å². The third-order valence-electron chi connectivity index (χ3n) is 5.82. The van der Waals surface area contributed by atoms with Gasteiger partial charge in [-0.15, -0.1) is 0 Å². The summed E-state index contributed by atoms with van der Waals surface area (Å²) in [5.41, 5.74) is 4.61. The van der Waals surface area contributed by atoms with Gasteiger partial charge >= 0.3 is 12.1 Å². The lowest BCUT2D eigenvalue weighted by molar-refractivity contribution is -0.141. The number of alkyl carbamates (subject to hydrolysis) is 1. The smallest absolute Gasteiger partial charge is 0.407 e. The fourth-order valence-electron chi connectivity index (χ4n) is 4.28. The van der Waals surface area contributed by atoms with Crippen molar-refractivity contribution in [3.05, 3.63) is 72.3 Å². The zero-order valence-corrected chi connectivity index (χ0v) is 19.8. The maximum atomic E-state index is 12.7. The molecule has 0 bridgehead atoms. The first kappa shape index (κ1) is 25.5. The summed E-state index contributed by atoms with van der Waals surface area (Å²) in [7, 11) is 0. The molecule has 0 saturated heterocycles. The number of aliphatic hydroxyl groups excluding tert-OH is 1. The quantitative estimate of drug-likeness (QED) is 0.327. The number of carbonyl (C=O) groups is 2. The Bertz CT molecular complexity index is 945. The van der Waals surface area contributed by atoms with Crippen LogP contribution in [0.5, 0.6) is 0 Å². The van der Waals surface area contributed by atoms with Crippen molar-refractivity contribution >= 4 is 12.1 Å². The van der Waals surface area contributed by atoms with E-state index >= 15 is 0 Å². The molecule has 34 heavy (non-hydrogen) atoms. The third-order valence-corrected chi connectivity index (χ3v) is 5.82. The summed E-state index contributed by atoms with van der Waals surface area (Å²) < 4.78 is 10.5. The van der Waals surface area contributed by atoms with Crippen LogP contribution in [0.2, 0.25) is 0 Å². The molecule has 0 spiro atoms. The molecule has 3 N–H and O–H groups in total. The molecule has 2 atom stereocenters. The summed E-state index contributed by atoms with van der Waals surface area (Å²) >= 11 is 0. The SMILES string of the molecule is C=CCOC(=O)CNCC(O)[C@H](CC(C)C)NC(=O)OCC1c2ccccc2-c2ccccc21. The van der Waals surface area contributed by atoms with Gasteiger partial charge in [-0.25, -0.2) is 4.79 Å². The summed E-state index contributed by atoms with van der Waals surface area (Å²) in [5, 5.41) is 16.3. The van der Waals surface area contributed by atoms with Crippen molar-refractivity contribution in [2.24, 2.45) is 5.92 Å². The number of hydrogen-bond donors (Lipinski definition) is 3. The van der Waals surface area contributed by atoms with E-state index in [0.29, 0.717) is 6.42 Å². The Morgan fingerprint density at radius 1 is 1.06 bits per heavy atom. The number of rotatable bonds is 12. The third kappa shape index (κ3) is 6.68. The van der Waals surface area contributed by atoms with Crippen molar-refractivity contribution in [1.82, 2.24) is 10.6 Å². The maximum Gasteiger partial charge on any atom is 0.407 e. The van der Waals surface area contributed by atoms with Gasteiger partial charge in [-0.2, -0.15) is 0 Å². The zero-order valence-electron chi connectivity index (χ0n) is 19.8. The minimum absolute atomic E-state index is 0.0325. The molecule has 1 unspecified atom stereocenters. The molecule has 2 aromatic carbocycles. The van der Waals surface area contributed by atoms with Crippen LogP contribution in [0, 0.1) is 5.92 Å². The fourth-order valence-corrected chi connectivity index (χ4v) is 4.28.